The molecule has 0 amide bonds. The van der Waals surface area contributed by atoms with Crippen LogP contribution in [0.25, 0.3) is 0 Å². The van der Waals surface area contributed by atoms with Gasteiger partial charge >= 0.3 is 0 Å². The van der Waals surface area contributed by atoms with Crippen LogP contribution in [0.1, 0.15) is 13.3 Å². The van der Waals surface area contributed by atoms with Crippen LogP contribution in [0.2, 0.25) is 0 Å². The van der Waals surface area contributed by atoms with E-state index in [1.165, 1.54) is 6.42 Å². The lowest BCUT2D eigenvalue weighted by molar-refractivity contribution is 0.486. The van der Waals surface area contributed by atoms with E-state index in [1.54, 1.807) is 0 Å². The van der Waals surface area contributed by atoms with Gasteiger partial charge < -0.3 is 10.6 Å². The van der Waals surface area contributed by atoms with E-state index < -0.39 is 0 Å². The minimum Gasteiger partial charge on any atom is -0.370 e. The molecular weight excluding hydrogens is 114 g/mol. The van der Waals surface area contributed by atoms with Crippen LogP contribution < -0.4 is 5.73 Å². The van der Waals surface area contributed by atoms with Gasteiger partial charge in [0.2, 0.25) is 0 Å². The monoisotopic (exact) mass is 127 g/mol. The molecule has 0 unspecified atom stereocenters. The molecule has 0 bridgehead atoms. The van der Waals surface area contributed by atoms with E-state index in [0.717, 1.165) is 13.1 Å². The molecule has 0 radical (unpaired) electrons. The molecular formula is C6H13N3. The van der Waals surface area contributed by atoms with Gasteiger partial charge in [-0.2, -0.15) is 0 Å². The molecule has 0 aromatic carbocycles. The molecule has 1 atom stereocenters. The van der Waals surface area contributed by atoms with Crippen molar-refractivity contribution < 1.29 is 0 Å². The van der Waals surface area contributed by atoms with Gasteiger partial charge in [0.1, 0.15) is 0 Å². The van der Waals surface area contributed by atoms with Crippen molar-refractivity contribution in [2.45, 2.75) is 13.3 Å². The topological polar surface area (TPSA) is 53.1 Å². The van der Waals surface area contributed by atoms with Gasteiger partial charge in [0.15, 0.2) is 5.96 Å². The van der Waals surface area contributed by atoms with Crippen LogP contribution in [0, 0.1) is 11.3 Å². The average molecular weight is 127 g/mol. The second kappa shape index (κ2) is 2.25. The Morgan fingerprint density at radius 3 is 2.67 bits per heavy atom. The van der Waals surface area contributed by atoms with Crippen molar-refractivity contribution in [1.82, 2.24) is 4.90 Å². The number of likely N-dealkylation sites (tertiary alicyclic amines) is 1. The van der Waals surface area contributed by atoms with E-state index in [1.807, 2.05) is 4.90 Å². The van der Waals surface area contributed by atoms with Gasteiger partial charge in [0, 0.05) is 13.1 Å². The summed E-state index contributed by atoms with van der Waals surface area (Å²) >= 11 is 0. The van der Waals surface area contributed by atoms with Crippen molar-refractivity contribution in [1.29, 1.82) is 5.41 Å². The van der Waals surface area contributed by atoms with Crippen molar-refractivity contribution in [3.63, 3.8) is 0 Å². The van der Waals surface area contributed by atoms with E-state index >= 15 is 0 Å². The van der Waals surface area contributed by atoms with Crippen molar-refractivity contribution in [2.75, 3.05) is 13.1 Å². The Hall–Kier alpha value is -0.730. The van der Waals surface area contributed by atoms with Gasteiger partial charge in [-0.1, -0.05) is 6.92 Å². The second-order valence-corrected chi connectivity index (χ2v) is 2.73. The molecule has 52 valence electrons. The molecule has 3 nitrogen and oxygen atoms in total. The number of rotatable bonds is 0. The van der Waals surface area contributed by atoms with E-state index in [4.69, 9.17) is 11.1 Å². The van der Waals surface area contributed by atoms with Crippen LogP contribution in [0.3, 0.4) is 0 Å². The Morgan fingerprint density at radius 1 is 1.78 bits per heavy atom. The normalized spacial score (nSPS) is 26.8. The Morgan fingerprint density at radius 2 is 2.44 bits per heavy atom. The smallest absolute Gasteiger partial charge is 0.188 e. The lowest BCUT2D eigenvalue weighted by Gasteiger charge is -2.13. The number of nitrogens with one attached hydrogen (secondary N) is 1. The van der Waals surface area contributed by atoms with Crippen LogP contribution in [0.4, 0.5) is 0 Å². The fourth-order valence-corrected chi connectivity index (χ4v) is 1.15. The Bertz CT molecular complexity index is 121. The highest BCUT2D eigenvalue weighted by Crippen LogP contribution is 2.13. The Labute approximate surface area is 55.3 Å². The van der Waals surface area contributed by atoms with Gasteiger partial charge in [-0.25, -0.2) is 0 Å². The summed E-state index contributed by atoms with van der Waals surface area (Å²) in [7, 11) is 0. The number of hydrogen-bond donors (Lipinski definition) is 2. The Balaban J connectivity index is 2.39. The van der Waals surface area contributed by atoms with Gasteiger partial charge in [-0.15, -0.1) is 0 Å². The maximum atomic E-state index is 7.09. The molecule has 0 spiro atoms. The summed E-state index contributed by atoms with van der Waals surface area (Å²) in [6, 6.07) is 0. The number of nitrogens with zero attached hydrogens (tertiary/aromatic N) is 1. The predicted octanol–water partition coefficient (Wildman–Crippen LogP) is 0.222. The highest BCUT2D eigenvalue weighted by Gasteiger charge is 2.18. The molecule has 1 heterocycles. The summed E-state index contributed by atoms with van der Waals surface area (Å²) < 4.78 is 0. The largest absolute Gasteiger partial charge is 0.370 e. The third kappa shape index (κ3) is 1.34. The second-order valence-electron chi connectivity index (χ2n) is 2.73. The first-order valence-corrected chi connectivity index (χ1v) is 3.29. The van der Waals surface area contributed by atoms with Crippen LogP contribution >= 0.6 is 0 Å². The molecule has 0 saturated carbocycles. The van der Waals surface area contributed by atoms with Crippen molar-refractivity contribution in [3.8, 4) is 0 Å². The number of guanidine groups is 1. The summed E-state index contributed by atoms with van der Waals surface area (Å²) in [5.74, 6) is 0.938. The highest BCUT2D eigenvalue weighted by atomic mass is 15.2. The molecule has 0 aromatic heterocycles. The quantitative estimate of drug-likeness (QED) is 0.361. The molecule has 0 aromatic rings. The van der Waals surface area contributed by atoms with E-state index in [9.17, 15) is 0 Å². The zero-order valence-corrected chi connectivity index (χ0v) is 5.72. The fourth-order valence-electron chi connectivity index (χ4n) is 1.15. The molecule has 3 N–H and O–H groups in total. The lowest BCUT2D eigenvalue weighted by atomic mass is 10.2. The third-order valence-electron chi connectivity index (χ3n) is 1.76. The van der Waals surface area contributed by atoms with E-state index in [2.05, 4.69) is 6.92 Å². The summed E-state index contributed by atoms with van der Waals surface area (Å²) in [5, 5.41) is 7.09. The van der Waals surface area contributed by atoms with Crippen molar-refractivity contribution in [2.24, 2.45) is 11.7 Å². The maximum Gasteiger partial charge on any atom is 0.188 e. The summed E-state index contributed by atoms with van der Waals surface area (Å²) in [5.41, 5.74) is 5.27. The molecule has 1 aliphatic rings. The van der Waals surface area contributed by atoms with E-state index in [-0.39, 0.29) is 5.96 Å². The molecule has 0 aliphatic carbocycles. The SMILES string of the molecule is C[C@@H]1CCN(C(=N)N)C1. The molecule has 3 heteroatoms. The first kappa shape index (κ1) is 6.39. The summed E-state index contributed by atoms with van der Waals surface area (Å²) in [6.45, 7) is 4.12. The number of nitrogens with two attached hydrogens (primary N) is 1. The summed E-state index contributed by atoms with van der Waals surface area (Å²) in [4.78, 5) is 1.91. The van der Waals surface area contributed by atoms with Gasteiger partial charge in [-0.05, 0) is 12.3 Å². The van der Waals surface area contributed by atoms with Crippen LogP contribution in [0.5, 0.6) is 0 Å². The maximum absolute atomic E-state index is 7.09. The zero-order chi connectivity index (χ0) is 6.85. The van der Waals surface area contributed by atoms with Gasteiger partial charge in [0.05, 0.1) is 0 Å². The lowest BCUT2D eigenvalue weighted by Crippen LogP contribution is -2.34. The predicted molar refractivity (Wildman–Crippen MR) is 37.3 cm³/mol. The van der Waals surface area contributed by atoms with Crippen molar-refractivity contribution in [3.05, 3.63) is 0 Å². The third-order valence-corrected chi connectivity index (χ3v) is 1.76. The molecule has 1 saturated heterocycles. The first-order valence-electron chi connectivity index (χ1n) is 3.29. The van der Waals surface area contributed by atoms with Crippen molar-refractivity contribution >= 4 is 5.96 Å². The molecule has 1 aliphatic heterocycles. The fraction of sp³-hybridized carbons (Fsp3) is 0.833. The first-order chi connectivity index (χ1) is 4.20. The summed E-state index contributed by atoms with van der Waals surface area (Å²) in [6.07, 6.45) is 1.18. The molecule has 1 rings (SSSR count). The van der Waals surface area contributed by atoms with Gasteiger partial charge in [0.25, 0.3) is 0 Å². The van der Waals surface area contributed by atoms with Crippen LogP contribution in [-0.2, 0) is 0 Å². The minimum atomic E-state index is 0.222. The average Bonchev–Trinajstić information content (AvgIpc) is 2.14. The molecule has 9 heavy (non-hydrogen) atoms. The molecule has 1 fully saturated rings. The van der Waals surface area contributed by atoms with Crippen LogP contribution in [0.15, 0.2) is 0 Å². The standard InChI is InChI=1S/C6H13N3/c1-5-2-3-9(4-5)6(7)8/h5H,2-4H2,1H3,(H3,7,8)/t5-/m1/s1. The number of hydrogen-bond acceptors (Lipinski definition) is 1. The Kier molecular flexibility index (Phi) is 1.60. The van der Waals surface area contributed by atoms with Gasteiger partial charge in [-0.3, -0.25) is 5.41 Å². The van der Waals surface area contributed by atoms with Crippen LogP contribution in [-0.4, -0.2) is 23.9 Å². The van der Waals surface area contributed by atoms with E-state index in [0.29, 0.717) is 5.92 Å². The minimum absolute atomic E-state index is 0.222. The highest BCUT2D eigenvalue weighted by molar-refractivity contribution is 5.74. The zero-order valence-electron chi connectivity index (χ0n) is 5.72.